The van der Waals surface area contributed by atoms with Crippen LogP contribution >= 0.6 is 22.7 Å². The van der Waals surface area contributed by atoms with E-state index in [1.807, 2.05) is 24.3 Å². The van der Waals surface area contributed by atoms with Crippen molar-refractivity contribution in [1.29, 1.82) is 0 Å². The van der Waals surface area contributed by atoms with Crippen molar-refractivity contribution in [3.63, 3.8) is 0 Å². The van der Waals surface area contributed by atoms with Crippen molar-refractivity contribution in [3.8, 4) is 0 Å². The Bertz CT molecular complexity index is 714. The van der Waals surface area contributed by atoms with Crippen LogP contribution in [-0.4, -0.2) is 4.98 Å². The van der Waals surface area contributed by atoms with Gasteiger partial charge < -0.3 is 5.73 Å². The summed E-state index contributed by atoms with van der Waals surface area (Å²) in [6.45, 7) is 0. The Morgan fingerprint density at radius 2 is 2.00 bits per heavy atom. The van der Waals surface area contributed by atoms with Crippen LogP contribution in [0.1, 0.15) is 0 Å². The summed E-state index contributed by atoms with van der Waals surface area (Å²) in [6.07, 6.45) is 0. The standard InChI is InChI=1S/C10H6N2OS2/c11-10-12-7-8(13)5-3-1-2-4-6(5)14-9(7)15-10/h1-4H,(H2,11,12). The Balaban J connectivity index is 2.65. The highest BCUT2D eigenvalue weighted by Crippen LogP contribution is 2.29. The summed E-state index contributed by atoms with van der Waals surface area (Å²) in [5.74, 6) is 0. The number of nitrogen functional groups attached to an aromatic ring is 1. The Labute approximate surface area is 92.8 Å². The SMILES string of the molecule is Nc1nc2c(=O)c3ccccc3sc2s1. The Hall–Kier alpha value is -1.46. The van der Waals surface area contributed by atoms with Crippen LogP contribution in [0.4, 0.5) is 5.13 Å². The molecule has 0 spiro atoms. The van der Waals surface area contributed by atoms with Crippen LogP contribution in [-0.2, 0) is 0 Å². The zero-order valence-electron chi connectivity index (χ0n) is 7.56. The number of fused-ring (bicyclic) bond motifs is 2. The van der Waals surface area contributed by atoms with Gasteiger partial charge in [0.25, 0.3) is 0 Å². The summed E-state index contributed by atoms with van der Waals surface area (Å²) in [6, 6.07) is 7.55. The van der Waals surface area contributed by atoms with Crippen molar-refractivity contribution < 1.29 is 0 Å². The molecule has 0 saturated carbocycles. The molecule has 15 heavy (non-hydrogen) atoms. The van der Waals surface area contributed by atoms with E-state index in [1.54, 1.807) is 11.3 Å². The molecular weight excluding hydrogens is 228 g/mol. The van der Waals surface area contributed by atoms with Gasteiger partial charge in [0, 0.05) is 10.1 Å². The number of hydrogen-bond donors (Lipinski definition) is 1. The number of aromatic nitrogens is 1. The number of nitrogens with two attached hydrogens (primary N) is 1. The van der Waals surface area contributed by atoms with E-state index in [9.17, 15) is 4.79 Å². The maximum Gasteiger partial charge on any atom is 0.215 e. The molecule has 0 aliphatic heterocycles. The molecule has 3 aromatic rings. The van der Waals surface area contributed by atoms with Crippen LogP contribution in [0.25, 0.3) is 19.6 Å². The van der Waals surface area contributed by atoms with Crippen LogP contribution < -0.4 is 11.2 Å². The van der Waals surface area contributed by atoms with E-state index < -0.39 is 0 Å². The first kappa shape index (κ1) is 8.82. The van der Waals surface area contributed by atoms with E-state index in [0.29, 0.717) is 10.6 Å². The summed E-state index contributed by atoms with van der Waals surface area (Å²) in [5, 5.41) is 1.17. The summed E-state index contributed by atoms with van der Waals surface area (Å²) in [5.41, 5.74) is 6.08. The van der Waals surface area contributed by atoms with Gasteiger partial charge in [0.15, 0.2) is 5.13 Å². The summed E-state index contributed by atoms with van der Waals surface area (Å²) in [4.78, 5) is 16.1. The molecule has 5 heteroatoms. The van der Waals surface area contributed by atoms with Crippen LogP contribution in [0.5, 0.6) is 0 Å². The lowest BCUT2D eigenvalue weighted by Crippen LogP contribution is -2.00. The third-order valence-corrected chi connectivity index (χ3v) is 4.30. The lowest BCUT2D eigenvalue weighted by atomic mass is 10.2. The van der Waals surface area contributed by atoms with E-state index in [-0.39, 0.29) is 5.43 Å². The van der Waals surface area contributed by atoms with Gasteiger partial charge in [-0.25, -0.2) is 4.98 Å². The smallest absolute Gasteiger partial charge is 0.215 e. The van der Waals surface area contributed by atoms with Gasteiger partial charge in [-0.15, -0.1) is 11.3 Å². The van der Waals surface area contributed by atoms with Crippen molar-refractivity contribution in [2.45, 2.75) is 0 Å². The maximum atomic E-state index is 12.0. The number of rotatable bonds is 0. The quantitative estimate of drug-likeness (QED) is 0.650. The van der Waals surface area contributed by atoms with Gasteiger partial charge in [0.05, 0.1) is 0 Å². The molecule has 2 N–H and O–H groups in total. The highest BCUT2D eigenvalue weighted by molar-refractivity contribution is 7.41. The fourth-order valence-corrected chi connectivity index (χ4v) is 3.61. The predicted octanol–water partition coefficient (Wildman–Crippen LogP) is 2.45. The second-order valence-corrected chi connectivity index (χ2v) is 5.46. The first-order chi connectivity index (χ1) is 7.25. The number of nitrogens with zero attached hydrogens (tertiary/aromatic N) is 1. The van der Waals surface area contributed by atoms with E-state index in [4.69, 9.17) is 5.73 Å². The zero-order valence-corrected chi connectivity index (χ0v) is 9.19. The molecule has 3 rings (SSSR count). The predicted molar refractivity (Wildman–Crippen MR) is 65.7 cm³/mol. The number of anilines is 1. The minimum atomic E-state index is -0.0210. The lowest BCUT2D eigenvalue weighted by molar-refractivity contribution is 1.48. The topological polar surface area (TPSA) is 56.0 Å². The van der Waals surface area contributed by atoms with Crippen LogP contribution in [0.2, 0.25) is 0 Å². The normalized spacial score (nSPS) is 11.2. The van der Waals surface area contributed by atoms with Gasteiger partial charge in [0.2, 0.25) is 5.43 Å². The second kappa shape index (κ2) is 3.01. The molecule has 0 atom stereocenters. The van der Waals surface area contributed by atoms with E-state index in [1.165, 1.54) is 11.3 Å². The molecule has 0 saturated heterocycles. The Morgan fingerprint density at radius 3 is 2.87 bits per heavy atom. The summed E-state index contributed by atoms with van der Waals surface area (Å²) >= 11 is 2.93. The molecule has 0 unspecified atom stereocenters. The molecule has 0 aliphatic rings. The fraction of sp³-hybridized carbons (Fsp3) is 0. The van der Waals surface area contributed by atoms with Crippen molar-refractivity contribution >= 4 is 47.4 Å². The number of hydrogen-bond acceptors (Lipinski definition) is 5. The monoisotopic (exact) mass is 234 g/mol. The molecule has 2 heterocycles. The molecule has 0 fully saturated rings. The molecule has 0 radical (unpaired) electrons. The molecule has 1 aromatic carbocycles. The summed E-state index contributed by atoms with van der Waals surface area (Å²) < 4.78 is 1.88. The molecular formula is C10H6N2OS2. The maximum absolute atomic E-state index is 12.0. The number of thiazole rings is 1. The van der Waals surface area contributed by atoms with Crippen LogP contribution in [0, 0.1) is 0 Å². The van der Waals surface area contributed by atoms with Gasteiger partial charge in [-0.1, -0.05) is 23.5 Å². The third-order valence-electron chi connectivity index (χ3n) is 2.16. The van der Waals surface area contributed by atoms with Crippen molar-refractivity contribution in [3.05, 3.63) is 34.5 Å². The Kier molecular flexibility index (Phi) is 1.77. The van der Waals surface area contributed by atoms with Gasteiger partial charge >= 0.3 is 0 Å². The average Bonchev–Trinajstić information content (AvgIpc) is 2.59. The molecule has 2 aromatic heterocycles. The van der Waals surface area contributed by atoms with Crippen molar-refractivity contribution in [2.75, 3.05) is 5.73 Å². The third kappa shape index (κ3) is 1.24. The first-order valence-corrected chi connectivity index (χ1v) is 5.97. The second-order valence-electron chi connectivity index (χ2n) is 3.12. The zero-order chi connectivity index (χ0) is 10.4. The van der Waals surface area contributed by atoms with Crippen LogP contribution in [0.3, 0.4) is 0 Å². The minimum absolute atomic E-state index is 0.0210. The average molecular weight is 234 g/mol. The molecule has 0 aliphatic carbocycles. The van der Waals surface area contributed by atoms with E-state index in [2.05, 4.69) is 4.98 Å². The molecule has 0 bridgehead atoms. The van der Waals surface area contributed by atoms with E-state index in [0.717, 1.165) is 14.1 Å². The molecule has 74 valence electrons. The first-order valence-electron chi connectivity index (χ1n) is 4.33. The highest BCUT2D eigenvalue weighted by Gasteiger charge is 2.09. The van der Waals surface area contributed by atoms with Gasteiger partial charge in [-0.2, -0.15) is 0 Å². The molecule has 0 amide bonds. The van der Waals surface area contributed by atoms with E-state index >= 15 is 0 Å². The Morgan fingerprint density at radius 1 is 1.20 bits per heavy atom. The van der Waals surface area contributed by atoms with Crippen LogP contribution in [0.15, 0.2) is 29.1 Å². The van der Waals surface area contributed by atoms with Crippen molar-refractivity contribution in [1.82, 2.24) is 4.98 Å². The summed E-state index contributed by atoms with van der Waals surface area (Å²) in [7, 11) is 0. The van der Waals surface area contributed by atoms with Gasteiger partial charge in [-0.3, -0.25) is 4.79 Å². The fourth-order valence-electron chi connectivity index (χ4n) is 1.51. The van der Waals surface area contributed by atoms with Gasteiger partial charge in [0.1, 0.15) is 9.53 Å². The highest BCUT2D eigenvalue weighted by atomic mass is 32.2. The van der Waals surface area contributed by atoms with Gasteiger partial charge in [-0.05, 0) is 12.1 Å². The molecule has 3 nitrogen and oxygen atoms in total. The number of benzene rings is 1. The minimum Gasteiger partial charge on any atom is -0.375 e. The lowest BCUT2D eigenvalue weighted by Gasteiger charge is -1.93. The largest absolute Gasteiger partial charge is 0.375 e. The van der Waals surface area contributed by atoms with Crippen molar-refractivity contribution in [2.24, 2.45) is 0 Å².